The minimum atomic E-state index is 0.304. The van der Waals surface area contributed by atoms with Gasteiger partial charge in [0, 0.05) is 18.8 Å². The van der Waals surface area contributed by atoms with Crippen LogP contribution < -0.4 is 4.90 Å². The summed E-state index contributed by atoms with van der Waals surface area (Å²) in [5, 5.41) is 9.09. The van der Waals surface area contributed by atoms with Gasteiger partial charge in [0.2, 0.25) is 0 Å². The summed E-state index contributed by atoms with van der Waals surface area (Å²) in [7, 11) is 2.15. The van der Waals surface area contributed by atoms with E-state index in [9.17, 15) is 0 Å². The fourth-order valence-corrected chi connectivity index (χ4v) is 2.87. The highest BCUT2D eigenvalue weighted by atomic mass is 15.2. The van der Waals surface area contributed by atoms with Crippen LogP contribution in [0.1, 0.15) is 24.0 Å². The number of nitriles is 1. The number of benzene rings is 1. The van der Waals surface area contributed by atoms with Crippen LogP contribution in [0.25, 0.3) is 0 Å². The first-order chi connectivity index (χ1) is 9.11. The van der Waals surface area contributed by atoms with E-state index in [1.807, 2.05) is 0 Å². The van der Waals surface area contributed by atoms with Crippen LogP contribution >= 0.6 is 0 Å². The molecule has 3 heteroatoms. The van der Waals surface area contributed by atoms with Gasteiger partial charge in [0.25, 0.3) is 0 Å². The lowest BCUT2D eigenvalue weighted by atomic mass is 10.1. The number of hydrogen-bond donors (Lipinski definition) is 0. The van der Waals surface area contributed by atoms with Crippen LogP contribution in [0.4, 0.5) is 5.69 Å². The zero-order valence-electron chi connectivity index (χ0n) is 12.2. The van der Waals surface area contributed by atoms with Gasteiger partial charge in [-0.3, -0.25) is 0 Å². The lowest BCUT2D eigenvalue weighted by molar-refractivity contribution is 0.332. The zero-order chi connectivity index (χ0) is 13.8. The Morgan fingerprint density at radius 2 is 2.11 bits per heavy atom. The predicted octanol–water partition coefficient (Wildman–Crippen LogP) is 2.73. The molecular weight excluding hydrogens is 234 g/mol. The average Bonchev–Trinajstić information content (AvgIpc) is 2.55. The molecule has 0 aliphatic carbocycles. The normalized spacial score (nSPS) is 20.9. The smallest absolute Gasteiger partial charge is 0.0643 e. The van der Waals surface area contributed by atoms with Crippen LogP contribution in [0.3, 0.4) is 0 Å². The molecule has 0 bridgehead atoms. The van der Waals surface area contributed by atoms with Gasteiger partial charge in [0.1, 0.15) is 0 Å². The van der Waals surface area contributed by atoms with Crippen LogP contribution in [-0.4, -0.2) is 37.6 Å². The molecule has 0 radical (unpaired) electrons. The van der Waals surface area contributed by atoms with Gasteiger partial charge in [-0.2, -0.15) is 5.26 Å². The molecule has 1 fully saturated rings. The fraction of sp³-hybridized carbons (Fsp3) is 0.562. The van der Waals surface area contributed by atoms with Gasteiger partial charge in [0.15, 0.2) is 0 Å². The second-order valence-corrected chi connectivity index (χ2v) is 5.62. The zero-order valence-corrected chi connectivity index (χ0v) is 12.2. The van der Waals surface area contributed by atoms with Crippen molar-refractivity contribution in [3.05, 3.63) is 29.3 Å². The van der Waals surface area contributed by atoms with Gasteiger partial charge >= 0.3 is 0 Å². The Kier molecular flexibility index (Phi) is 4.44. The highest BCUT2D eigenvalue weighted by molar-refractivity contribution is 5.56. The standard InChI is InChI=1S/C16H23N3/c1-13-5-6-14(2)16(11-13)19-10-4-9-18(3)12-15(19)7-8-17/h5-6,11,15H,4,7,9-10,12H2,1-3H3. The third-order valence-corrected chi connectivity index (χ3v) is 3.90. The molecule has 1 atom stereocenters. The predicted molar refractivity (Wildman–Crippen MR) is 79.4 cm³/mol. The van der Waals surface area contributed by atoms with E-state index >= 15 is 0 Å². The van der Waals surface area contributed by atoms with Crippen molar-refractivity contribution >= 4 is 5.69 Å². The van der Waals surface area contributed by atoms with E-state index in [4.69, 9.17) is 5.26 Å². The minimum Gasteiger partial charge on any atom is -0.366 e. The third-order valence-electron chi connectivity index (χ3n) is 3.90. The Labute approximate surface area is 116 Å². The third kappa shape index (κ3) is 3.27. The van der Waals surface area contributed by atoms with Crippen LogP contribution in [0.5, 0.6) is 0 Å². The van der Waals surface area contributed by atoms with Crippen molar-refractivity contribution in [2.75, 3.05) is 31.6 Å². The van der Waals surface area contributed by atoms with Gasteiger partial charge in [-0.25, -0.2) is 0 Å². The summed E-state index contributed by atoms with van der Waals surface area (Å²) in [5.74, 6) is 0. The van der Waals surface area contributed by atoms with Crippen LogP contribution in [0.2, 0.25) is 0 Å². The molecule has 1 aliphatic rings. The molecule has 1 heterocycles. The Morgan fingerprint density at radius 3 is 2.84 bits per heavy atom. The molecule has 0 N–H and O–H groups in total. The van der Waals surface area contributed by atoms with E-state index in [1.54, 1.807) is 0 Å². The van der Waals surface area contributed by atoms with Gasteiger partial charge in [-0.15, -0.1) is 0 Å². The molecular formula is C16H23N3. The fourth-order valence-electron chi connectivity index (χ4n) is 2.87. The molecule has 1 aromatic carbocycles. The molecule has 0 spiro atoms. The van der Waals surface area contributed by atoms with Gasteiger partial charge in [-0.05, 0) is 51.1 Å². The van der Waals surface area contributed by atoms with Crippen LogP contribution in [-0.2, 0) is 0 Å². The Balaban J connectivity index is 2.33. The number of anilines is 1. The van der Waals surface area contributed by atoms with Crippen molar-refractivity contribution in [1.29, 1.82) is 5.26 Å². The largest absolute Gasteiger partial charge is 0.366 e. The molecule has 19 heavy (non-hydrogen) atoms. The van der Waals surface area contributed by atoms with E-state index in [-0.39, 0.29) is 0 Å². The summed E-state index contributed by atoms with van der Waals surface area (Å²) >= 11 is 0. The average molecular weight is 257 g/mol. The van der Waals surface area contributed by atoms with Crippen molar-refractivity contribution in [3.8, 4) is 6.07 Å². The van der Waals surface area contributed by atoms with E-state index < -0.39 is 0 Å². The number of nitrogens with zero attached hydrogens (tertiary/aromatic N) is 3. The number of aryl methyl sites for hydroxylation is 2. The molecule has 1 unspecified atom stereocenters. The maximum absolute atomic E-state index is 9.09. The van der Waals surface area contributed by atoms with Crippen molar-refractivity contribution in [2.24, 2.45) is 0 Å². The van der Waals surface area contributed by atoms with E-state index in [0.717, 1.165) is 26.1 Å². The minimum absolute atomic E-state index is 0.304. The van der Waals surface area contributed by atoms with E-state index in [2.05, 4.69) is 55.0 Å². The van der Waals surface area contributed by atoms with Crippen molar-refractivity contribution in [1.82, 2.24) is 4.90 Å². The van der Waals surface area contributed by atoms with Crippen molar-refractivity contribution in [3.63, 3.8) is 0 Å². The summed E-state index contributed by atoms with van der Waals surface area (Å²) in [6, 6.07) is 9.25. The van der Waals surface area contributed by atoms with Crippen molar-refractivity contribution in [2.45, 2.75) is 32.7 Å². The molecule has 0 aromatic heterocycles. The summed E-state index contributed by atoms with van der Waals surface area (Å²) in [4.78, 5) is 4.78. The first-order valence-corrected chi connectivity index (χ1v) is 7.01. The Morgan fingerprint density at radius 1 is 1.32 bits per heavy atom. The quantitative estimate of drug-likeness (QED) is 0.816. The second kappa shape index (κ2) is 6.08. The topological polar surface area (TPSA) is 30.3 Å². The van der Waals surface area contributed by atoms with Crippen LogP contribution in [0, 0.1) is 25.2 Å². The molecule has 3 nitrogen and oxygen atoms in total. The summed E-state index contributed by atoms with van der Waals surface area (Å²) < 4.78 is 0. The molecule has 2 rings (SSSR count). The molecule has 1 aliphatic heterocycles. The summed E-state index contributed by atoms with van der Waals surface area (Å²) in [5.41, 5.74) is 3.89. The highest BCUT2D eigenvalue weighted by Crippen LogP contribution is 2.26. The van der Waals surface area contributed by atoms with Crippen LogP contribution in [0.15, 0.2) is 18.2 Å². The summed E-state index contributed by atoms with van der Waals surface area (Å²) in [6.07, 6.45) is 1.75. The molecule has 1 aromatic rings. The van der Waals surface area contributed by atoms with Crippen molar-refractivity contribution < 1.29 is 0 Å². The maximum Gasteiger partial charge on any atom is 0.0643 e. The van der Waals surface area contributed by atoms with Gasteiger partial charge in [-0.1, -0.05) is 12.1 Å². The van der Waals surface area contributed by atoms with E-state index in [1.165, 1.54) is 16.8 Å². The Bertz CT molecular complexity index is 475. The summed E-state index contributed by atoms with van der Waals surface area (Å²) in [6.45, 7) is 7.42. The highest BCUT2D eigenvalue weighted by Gasteiger charge is 2.24. The monoisotopic (exact) mass is 257 g/mol. The molecule has 0 saturated carbocycles. The van der Waals surface area contributed by atoms with E-state index in [0.29, 0.717) is 12.5 Å². The lowest BCUT2D eigenvalue weighted by Crippen LogP contribution is -2.40. The number of rotatable bonds is 2. The molecule has 0 amide bonds. The SMILES string of the molecule is Cc1ccc(C)c(N2CCCN(C)CC2CC#N)c1. The van der Waals surface area contributed by atoms with Gasteiger partial charge in [0.05, 0.1) is 18.5 Å². The first-order valence-electron chi connectivity index (χ1n) is 7.01. The number of hydrogen-bond acceptors (Lipinski definition) is 3. The molecule has 1 saturated heterocycles. The number of likely N-dealkylation sites (N-methyl/N-ethyl adjacent to an activating group) is 1. The Hall–Kier alpha value is -1.53. The lowest BCUT2D eigenvalue weighted by Gasteiger charge is -2.32. The molecule has 102 valence electrons. The van der Waals surface area contributed by atoms with Gasteiger partial charge < -0.3 is 9.80 Å². The first kappa shape index (κ1) is 13.9. The second-order valence-electron chi connectivity index (χ2n) is 5.62. The maximum atomic E-state index is 9.09.